The molecule has 1 atom stereocenters. The molecule has 0 aromatic rings. The maximum atomic E-state index is 11.2. The van der Waals surface area contributed by atoms with Gasteiger partial charge in [-0.3, -0.25) is 4.79 Å². The van der Waals surface area contributed by atoms with E-state index in [1.165, 1.54) is 0 Å². The van der Waals surface area contributed by atoms with Gasteiger partial charge in [-0.25, -0.2) is 0 Å². The van der Waals surface area contributed by atoms with E-state index < -0.39 is 6.10 Å². The fraction of sp³-hybridized carbons (Fsp3) is 0.875. The van der Waals surface area contributed by atoms with Crippen LogP contribution in [-0.4, -0.2) is 34.1 Å². The number of aliphatic hydroxyl groups is 1. The van der Waals surface area contributed by atoms with Gasteiger partial charge in [-0.05, 0) is 27.2 Å². The van der Waals surface area contributed by atoms with Crippen molar-refractivity contribution in [2.24, 2.45) is 0 Å². The molecule has 0 aromatic heterocycles. The number of likely N-dealkylation sites (tertiary alicyclic amines) is 1. The van der Waals surface area contributed by atoms with Crippen LogP contribution in [0.5, 0.6) is 0 Å². The van der Waals surface area contributed by atoms with Crippen molar-refractivity contribution in [2.45, 2.75) is 38.8 Å². The highest BCUT2D eigenvalue weighted by Crippen LogP contribution is 2.21. The Bertz CT molecular complexity index is 171. The van der Waals surface area contributed by atoms with Crippen molar-refractivity contribution in [3.8, 4) is 0 Å². The van der Waals surface area contributed by atoms with Gasteiger partial charge >= 0.3 is 0 Å². The Labute approximate surface area is 67.0 Å². The maximum Gasteiger partial charge on any atom is 0.251 e. The van der Waals surface area contributed by atoms with Crippen LogP contribution in [0.25, 0.3) is 0 Å². The lowest BCUT2D eigenvalue weighted by Crippen LogP contribution is -2.43. The summed E-state index contributed by atoms with van der Waals surface area (Å²) in [6.07, 6.45) is -0.176. The quantitative estimate of drug-likeness (QED) is 0.552. The van der Waals surface area contributed by atoms with Crippen LogP contribution >= 0.6 is 0 Å². The number of amides is 1. The molecule has 1 aliphatic rings. The van der Waals surface area contributed by atoms with Gasteiger partial charge in [0.05, 0.1) is 0 Å². The molecule has 1 aliphatic heterocycles. The minimum Gasteiger partial charge on any atom is -0.383 e. The standard InChI is InChI=1S/C8H15NO2/c1-8(2,3)9-5-4-6(10)7(9)11/h6,10H,4-5H2,1-3H3. The summed E-state index contributed by atoms with van der Waals surface area (Å²) in [5.74, 6) is -0.127. The second-order valence-electron chi connectivity index (χ2n) is 3.97. The fourth-order valence-corrected chi connectivity index (χ4v) is 1.33. The summed E-state index contributed by atoms with van der Waals surface area (Å²) in [7, 11) is 0. The number of nitrogens with zero attached hydrogens (tertiary/aromatic N) is 1. The summed E-state index contributed by atoms with van der Waals surface area (Å²) in [5, 5.41) is 9.14. The van der Waals surface area contributed by atoms with Crippen LogP contribution in [0.2, 0.25) is 0 Å². The largest absolute Gasteiger partial charge is 0.383 e. The normalized spacial score (nSPS) is 26.4. The lowest BCUT2D eigenvalue weighted by molar-refractivity contribution is -0.138. The number of hydrogen-bond donors (Lipinski definition) is 1. The second-order valence-corrected chi connectivity index (χ2v) is 3.97. The van der Waals surface area contributed by atoms with Crippen LogP contribution in [0.3, 0.4) is 0 Å². The molecule has 1 rings (SSSR count). The van der Waals surface area contributed by atoms with Gasteiger partial charge in [-0.2, -0.15) is 0 Å². The average Bonchev–Trinajstić information content (AvgIpc) is 2.11. The van der Waals surface area contributed by atoms with Crippen molar-refractivity contribution in [2.75, 3.05) is 6.54 Å². The topological polar surface area (TPSA) is 40.5 Å². The molecule has 0 radical (unpaired) electrons. The Hall–Kier alpha value is -0.570. The number of carbonyl (C=O) groups is 1. The van der Waals surface area contributed by atoms with E-state index in [9.17, 15) is 4.79 Å². The monoisotopic (exact) mass is 157 g/mol. The molecule has 0 aromatic carbocycles. The molecule has 1 unspecified atom stereocenters. The fourth-order valence-electron chi connectivity index (χ4n) is 1.33. The zero-order valence-electron chi connectivity index (χ0n) is 7.29. The van der Waals surface area contributed by atoms with Crippen molar-refractivity contribution in [1.29, 1.82) is 0 Å². The molecule has 1 saturated heterocycles. The first-order valence-electron chi connectivity index (χ1n) is 3.92. The van der Waals surface area contributed by atoms with Crippen LogP contribution in [0.4, 0.5) is 0 Å². The highest BCUT2D eigenvalue weighted by atomic mass is 16.3. The summed E-state index contributed by atoms with van der Waals surface area (Å²) in [6.45, 7) is 6.61. The van der Waals surface area contributed by atoms with Crippen LogP contribution < -0.4 is 0 Å². The van der Waals surface area contributed by atoms with E-state index in [4.69, 9.17) is 5.11 Å². The van der Waals surface area contributed by atoms with Crippen LogP contribution in [-0.2, 0) is 4.79 Å². The first-order valence-corrected chi connectivity index (χ1v) is 3.92. The predicted octanol–water partition coefficient (Wildman–Crippen LogP) is 0.378. The molecule has 0 spiro atoms. The Morgan fingerprint density at radius 2 is 2.09 bits per heavy atom. The molecule has 64 valence electrons. The molecule has 0 saturated carbocycles. The van der Waals surface area contributed by atoms with Crippen LogP contribution in [0, 0.1) is 0 Å². The van der Waals surface area contributed by atoms with Crippen molar-refractivity contribution in [3.63, 3.8) is 0 Å². The smallest absolute Gasteiger partial charge is 0.251 e. The first kappa shape index (κ1) is 8.53. The lowest BCUT2D eigenvalue weighted by atomic mass is 10.1. The third-order valence-electron chi connectivity index (χ3n) is 1.99. The van der Waals surface area contributed by atoms with Gasteiger partial charge in [0.15, 0.2) is 0 Å². The van der Waals surface area contributed by atoms with Crippen molar-refractivity contribution >= 4 is 5.91 Å². The van der Waals surface area contributed by atoms with Crippen molar-refractivity contribution < 1.29 is 9.90 Å². The zero-order chi connectivity index (χ0) is 8.65. The predicted molar refractivity (Wildman–Crippen MR) is 42.1 cm³/mol. The summed E-state index contributed by atoms with van der Waals surface area (Å²) >= 11 is 0. The van der Waals surface area contributed by atoms with E-state index in [0.29, 0.717) is 13.0 Å². The van der Waals surface area contributed by atoms with E-state index in [1.54, 1.807) is 4.90 Å². The van der Waals surface area contributed by atoms with E-state index >= 15 is 0 Å². The Balaban J connectivity index is 2.70. The van der Waals surface area contributed by atoms with Gasteiger partial charge < -0.3 is 10.0 Å². The molecule has 3 heteroatoms. The van der Waals surface area contributed by atoms with Gasteiger partial charge in [0.2, 0.25) is 0 Å². The van der Waals surface area contributed by atoms with Crippen molar-refractivity contribution in [1.82, 2.24) is 4.90 Å². The Kier molecular flexibility index (Phi) is 1.92. The SMILES string of the molecule is CC(C)(C)N1CCC(O)C1=O. The van der Waals surface area contributed by atoms with Gasteiger partial charge in [0.25, 0.3) is 5.91 Å². The third kappa shape index (κ3) is 1.53. The number of aliphatic hydroxyl groups excluding tert-OH is 1. The van der Waals surface area contributed by atoms with Crippen LogP contribution in [0.1, 0.15) is 27.2 Å². The molecule has 1 N–H and O–H groups in total. The summed E-state index contributed by atoms with van der Waals surface area (Å²) in [4.78, 5) is 12.9. The summed E-state index contributed by atoms with van der Waals surface area (Å²) < 4.78 is 0. The molecule has 0 bridgehead atoms. The molecular weight excluding hydrogens is 142 g/mol. The molecule has 1 heterocycles. The lowest BCUT2D eigenvalue weighted by Gasteiger charge is -2.31. The minimum atomic E-state index is -0.755. The highest BCUT2D eigenvalue weighted by molar-refractivity contribution is 5.83. The Morgan fingerprint density at radius 3 is 2.27 bits per heavy atom. The van der Waals surface area contributed by atoms with Gasteiger partial charge in [-0.15, -0.1) is 0 Å². The maximum absolute atomic E-state index is 11.2. The minimum absolute atomic E-state index is 0.127. The molecule has 11 heavy (non-hydrogen) atoms. The first-order chi connectivity index (χ1) is 4.93. The molecular formula is C8H15NO2. The third-order valence-corrected chi connectivity index (χ3v) is 1.99. The van der Waals surface area contributed by atoms with Crippen LogP contribution in [0.15, 0.2) is 0 Å². The highest BCUT2D eigenvalue weighted by Gasteiger charge is 2.36. The van der Waals surface area contributed by atoms with Crippen molar-refractivity contribution in [3.05, 3.63) is 0 Å². The second kappa shape index (κ2) is 2.48. The van der Waals surface area contributed by atoms with E-state index in [1.807, 2.05) is 20.8 Å². The summed E-state index contributed by atoms with van der Waals surface area (Å²) in [5.41, 5.74) is -0.144. The van der Waals surface area contributed by atoms with E-state index in [0.717, 1.165) is 0 Å². The molecule has 3 nitrogen and oxygen atoms in total. The van der Waals surface area contributed by atoms with Gasteiger partial charge in [-0.1, -0.05) is 0 Å². The molecule has 1 fully saturated rings. The van der Waals surface area contributed by atoms with E-state index in [2.05, 4.69) is 0 Å². The van der Waals surface area contributed by atoms with Gasteiger partial charge in [0.1, 0.15) is 6.10 Å². The average molecular weight is 157 g/mol. The number of carbonyl (C=O) groups excluding carboxylic acids is 1. The summed E-state index contributed by atoms with van der Waals surface area (Å²) in [6, 6.07) is 0. The zero-order valence-corrected chi connectivity index (χ0v) is 7.29. The van der Waals surface area contributed by atoms with E-state index in [-0.39, 0.29) is 11.4 Å². The number of rotatable bonds is 0. The number of hydrogen-bond acceptors (Lipinski definition) is 2. The van der Waals surface area contributed by atoms with Gasteiger partial charge in [0, 0.05) is 12.1 Å². The molecule has 1 amide bonds. The Morgan fingerprint density at radius 1 is 1.55 bits per heavy atom. The molecule has 0 aliphatic carbocycles.